The van der Waals surface area contributed by atoms with Gasteiger partial charge in [0.2, 0.25) is 5.78 Å². The fourth-order valence-electron chi connectivity index (χ4n) is 2.56. The normalized spacial score (nSPS) is 11.1. The molecule has 5 heteroatoms. The second kappa shape index (κ2) is 4.66. The van der Waals surface area contributed by atoms with Gasteiger partial charge in [0.15, 0.2) is 5.52 Å². The summed E-state index contributed by atoms with van der Waals surface area (Å²) in [7, 11) is 0. The molecule has 0 unspecified atom stereocenters. The number of aromatic amines is 1. The van der Waals surface area contributed by atoms with Crippen molar-refractivity contribution < 1.29 is 9.21 Å². The van der Waals surface area contributed by atoms with Crippen LogP contribution in [0.2, 0.25) is 0 Å². The zero-order valence-corrected chi connectivity index (χ0v) is 11.4. The summed E-state index contributed by atoms with van der Waals surface area (Å²) in [6, 6.07) is 15.9. The molecule has 2 heterocycles. The monoisotopic (exact) mass is 290 g/mol. The Morgan fingerprint density at radius 3 is 2.55 bits per heavy atom. The Hall–Kier alpha value is -3.21. The van der Waals surface area contributed by atoms with E-state index >= 15 is 0 Å². The molecule has 0 atom stereocenters. The smallest absolute Gasteiger partial charge is 0.362 e. The molecule has 5 nitrogen and oxygen atoms in total. The van der Waals surface area contributed by atoms with Crippen LogP contribution in [-0.2, 0) is 0 Å². The number of H-pyrrole nitrogens is 1. The first-order valence-corrected chi connectivity index (χ1v) is 6.75. The van der Waals surface area contributed by atoms with Crippen molar-refractivity contribution in [3.05, 3.63) is 76.3 Å². The first-order chi connectivity index (χ1) is 10.8. The number of fused-ring (bicyclic) bond motifs is 3. The predicted octanol–water partition coefficient (Wildman–Crippen LogP) is 2.90. The van der Waals surface area contributed by atoms with Crippen LogP contribution in [0.25, 0.3) is 21.9 Å². The minimum absolute atomic E-state index is 0.206. The standard InChI is InChI=1S/C17H10N2O3/c20-16(10-6-2-1-3-7-10)14-13-11-8-4-5-9-12(11)22-17(21)15(13)19-18-14/h1-9H,(H,18,19). The van der Waals surface area contributed by atoms with Crippen LogP contribution in [0.5, 0.6) is 0 Å². The van der Waals surface area contributed by atoms with Crippen LogP contribution >= 0.6 is 0 Å². The summed E-state index contributed by atoms with van der Waals surface area (Å²) in [6.45, 7) is 0. The maximum atomic E-state index is 12.7. The second-order valence-electron chi connectivity index (χ2n) is 4.90. The Balaban J connectivity index is 2.08. The van der Waals surface area contributed by atoms with Crippen molar-refractivity contribution in [1.29, 1.82) is 0 Å². The Morgan fingerprint density at radius 2 is 1.73 bits per heavy atom. The van der Waals surface area contributed by atoms with Crippen LogP contribution in [0.4, 0.5) is 0 Å². The number of aromatic nitrogens is 2. The van der Waals surface area contributed by atoms with Gasteiger partial charge in [-0.3, -0.25) is 9.89 Å². The van der Waals surface area contributed by atoms with Gasteiger partial charge in [-0.15, -0.1) is 0 Å². The van der Waals surface area contributed by atoms with E-state index in [-0.39, 0.29) is 17.0 Å². The molecule has 0 spiro atoms. The zero-order valence-electron chi connectivity index (χ0n) is 11.4. The largest absolute Gasteiger partial charge is 0.421 e. The number of carbonyl (C=O) groups is 1. The minimum Gasteiger partial charge on any atom is -0.421 e. The van der Waals surface area contributed by atoms with Gasteiger partial charge in [-0.05, 0) is 6.07 Å². The molecule has 0 radical (unpaired) electrons. The summed E-state index contributed by atoms with van der Waals surface area (Å²) in [5.74, 6) is -0.234. The van der Waals surface area contributed by atoms with Crippen molar-refractivity contribution in [2.24, 2.45) is 0 Å². The molecule has 4 rings (SSSR count). The van der Waals surface area contributed by atoms with Gasteiger partial charge in [0.25, 0.3) is 0 Å². The summed E-state index contributed by atoms with van der Waals surface area (Å²) in [6.07, 6.45) is 0. The zero-order chi connectivity index (χ0) is 15.1. The van der Waals surface area contributed by atoms with Gasteiger partial charge in [0.05, 0.1) is 0 Å². The third-order valence-electron chi connectivity index (χ3n) is 3.58. The molecular formula is C17H10N2O3. The summed E-state index contributed by atoms with van der Waals surface area (Å²) in [4.78, 5) is 24.7. The number of nitrogens with one attached hydrogen (secondary N) is 1. The van der Waals surface area contributed by atoms with E-state index in [9.17, 15) is 9.59 Å². The average molecular weight is 290 g/mol. The number of hydrogen-bond acceptors (Lipinski definition) is 4. The molecule has 0 amide bonds. The summed E-state index contributed by atoms with van der Waals surface area (Å²) in [5, 5.41) is 7.86. The van der Waals surface area contributed by atoms with E-state index in [1.807, 2.05) is 12.1 Å². The highest BCUT2D eigenvalue weighted by molar-refractivity contribution is 6.20. The SMILES string of the molecule is O=C(c1ccccc1)c1n[nH]c2c(=O)oc3ccccc3c12. The molecule has 0 aliphatic carbocycles. The lowest BCUT2D eigenvalue weighted by atomic mass is 10.0. The molecule has 0 aliphatic rings. The van der Waals surface area contributed by atoms with Crippen molar-refractivity contribution >= 4 is 27.7 Å². The topological polar surface area (TPSA) is 76.0 Å². The molecule has 1 N–H and O–H groups in total. The van der Waals surface area contributed by atoms with Crippen molar-refractivity contribution in [3.8, 4) is 0 Å². The predicted molar refractivity (Wildman–Crippen MR) is 82.0 cm³/mol. The lowest BCUT2D eigenvalue weighted by Crippen LogP contribution is -2.03. The summed E-state index contributed by atoms with van der Waals surface area (Å²) >= 11 is 0. The van der Waals surface area contributed by atoms with Gasteiger partial charge in [-0.25, -0.2) is 4.79 Å². The van der Waals surface area contributed by atoms with Gasteiger partial charge in [0, 0.05) is 16.3 Å². The molecule has 2 aromatic heterocycles. The van der Waals surface area contributed by atoms with Crippen molar-refractivity contribution in [1.82, 2.24) is 10.2 Å². The molecule has 106 valence electrons. The van der Waals surface area contributed by atoms with Crippen molar-refractivity contribution in [3.63, 3.8) is 0 Å². The van der Waals surface area contributed by atoms with E-state index in [0.29, 0.717) is 21.9 Å². The summed E-state index contributed by atoms with van der Waals surface area (Å²) in [5.41, 5.74) is 0.855. The van der Waals surface area contributed by atoms with E-state index in [0.717, 1.165) is 0 Å². The van der Waals surface area contributed by atoms with Gasteiger partial charge >= 0.3 is 5.63 Å². The third-order valence-corrected chi connectivity index (χ3v) is 3.58. The molecule has 0 aliphatic heterocycles. The summed E-state index contributed by atoms with van der Waals surface area (Å²) < 4.78 is 5.24. The fourth-order valence-corrected chi connectivity index (χ4v) is 2.56. The average Bonchev–Trinajstić information content (AvgIpc) is 3.01. The van der Waals surface area contributed by atoms with E-state index in [2.05, 4.69) is 10.2 Å². The Bertz CT molecular complexity index is 1060. The molecule has 22 heavy (non-hydrogen) atoms. The van der Waals surface area contributed by atoms with Gasteiger partial charge in [-0.2, -0.15) is 5.10 Å². The molecule has 4 aromatic rings. The van der Waals surface area contributed by atoms with Gasteiger partial charge in [-0.1, -0.05) is 48.5 Å². The quantitative estimate of drug-likeness (QED) is 0.455. The maximum absolute atomic E-state index is 12.7. The number of ketones is 1. The van der Waals surface area contributed by atoms with Crippen LogP contribution < -0.4 is 5.63 Å². The van der Waals surface area contributed by atoms with E-state index < -0.39 is 5.63 Å². The number of benzene rings is 2. The number of carbonyl (C=O) groups excluding carboxylic acids is 1. The molecular weight excluding hydrogens is 280 g/mol. The van der Waals surface area contributed by atoms with Crippen LogP contribution in [0.1, 0.15) is 16.1 Å². The fraction of sp³-hybridized carbons (Fsp3) is 0. The van der Waals surface area contributed by atoms with E-state index in [1.54, 1.807) is 42.5 Å². The molecule has 2 aromatic carbocycles. The molecule has 0 saturated carbocycles. The second-order valence-corrected chi connectivity index (χ2v) is 4.90. The van der Waals surface area contributed by atoms with Crippen LogP contribution in [0, 0.1) is 0 Å². The third kappa shape index (κ3) is 1.76. The number of para-hydroxylation sites is 1. The van der Waals surface area contributed by atoms with Gasteiger partial charge in [0.1, 0.15) is 11.3 Å². The first-order valence-electron chi connectivity index (χ1n) is 6.75. The highest BCUT2D eigenvalue weighted by Gasteiger charge is 2.20. The number of rotatable bonds is 2. The lowest BCUT2D eigenvalue weighted by Gasteiger charge is -2.00. The van der Waals surface area contributed by atoms with Crippen LogP contribution in [0.15, 0.2) is 63.8 Å². The number of hydrogen-bond donors (Lipinski definition) is 1. The lowest BCUT2D eigenvalue weighted by molar-refractivity contribution is 0.103. The molecule has 0 fully saturated rings. The highest BCUT2D eigenvalue weighted by atomic mass is 16.4. The van der Waals surface area contributed by atoms with Crippen molar-refractivity contribution in [2.45, 2.75) is 0 Å². The van der Waals surface area contributed by atoms with Crippen LogP contribution in [0.3, 0.4) is 0 Å². The highest BCUT2D eigenvalue weighted by Crippen LogP contribution is 2.25. The molecule has 0 saturated heterocycles. The van der Waals surface area contributed by atoms with Crippen LogP contribution in [-0.4, -0.2) is 16.0 Å². The Kier molecular flexibility index (Phi) is 2.66. The number of nitrogens with zero attached hydrogens (tertiary/aromatic N) is 1. The maximum Gasteiger partial charge on any atom is 0.362 e. The Labute approximate surface area is 124 Å². The van der Waals surface area contributed by atoms with E-state index in [1.165, 1.54) is 0 Å². The first kappa shape index (κ1) is 12.5. The molecule has 0 bridgehead atoms. The minimum atomic E-state index is -0.534. The Morgan fingerprint density at radius 1 is 1.00 bits per heavy atom. The van der Waals surface area contributed by atoms with E-state index in [4.69, 9.17) is 4.42 Å². The van der Waals surface area contributed by atoms with Gasteiger partial charge < -0.3 is 4.42 Å². The van der Waals surface area contributed by atoms with Crippen molar-refractivity contribution in [2.75, 3.05) is 0 Å².